The second-order valence-electron chi connectivity index (χ2n) is 16.3. The average Bonchev–Trinajstić information content (AvgIpc) is 3.77. The van der Waals surface area contributed by atoms with Gasteiger partial charge in [-0.3, -0.25) is 0 Å². The van der Waals surface area contributed by atoms with E-state index in [4.69, 9.17) is 0 Å². The summed E-state index contributed by atoms with van der Waals surface area (Å²) in [7, 11) is 0. The maximum absolute atomic E-state index is 2.66. The molecule has 2 aliphatic rings. The summed E-state index contributed by atoms with van der Waals surface area (Å²) < 4.78 is 0. The van der Waals surface area contributed by atoms with Crippen molar-refractivity contribution in [2.45, 2.75) is 50.5 Å². The maximum Gasteiger partial charge on any atom is 0.0517 e. The van der Waals surface area contributed by atoms with Crippen molar-refractivity contribution < 1.29 is 0 Å². The van der Waals surface area contributed by atoms with Gasteiger partial charge in [0.05, 0.1) is 5.54 Å². The fourth-order valence-corrected chi connectivity index (χ4v) is 11.1. The van der Waals surface area contributed by atoms with Gasteiger partial charge >= 0.3 is 0 Å². The molecule has 0 saturated heterocycles. The molecule has 0 N–H and O–H groups in total. The lowest BCUT2D eigenvalue weighted by Gasteiger charge is -2.50. The molecule has 0 spiro atoms. The van der Waals surface area contributed by atoms with Crippen molar-refractivity contribution in [2.75, 3.05) is 4.90 Å². The molecule has 1 aliphatic carbocycles. The summed E-state index contributed by atoms with van der Waals surface area (Å²) in [4.78, 5) is 2.66. The largest absolute Gasteiger partial charge is 0.334 e. The molecule has 1 fully saturated rings. The second-order valence-corrected chi connectivity index (χ2v) is 16.3. The zero-order valence-electron chi connectivity index (χ0n) is 30.2. The summed E-state index contributed by atoms with van der Waals surface area (Å²) in [5, 5.41) is 16.3. The van der Waals surface area contributed by atoms with Gasteiger partial charge in [0.25, 0.3) is 0 Å². The quantitative estimate of drug-likeness (QED) is 0.180. The number of nitrogens with zero attached hydrogens (tertiary/aromatic N) is 1. The SMILES string of the molecule is CC12CCCCC1(C)N(c1ccccc1)c1ccc(-c3ccc(-c4ccc5c6cc7c(cc6c6cccc4c65)c4cccc5cccc7c54)cc3)cc12. The number of para-hydroxylation sites is 1. The fourth-order valence-electron chi connectivity index (χ4n) is 11.1. The van der Waals surface area contributed by atoms with Gasteiger partial charge in [0.15, 0.2) is 0 Å². The van der Waals surface area contributed by atoms with E-state index in [2.05, 4.69) is 170 Å². The molecule has 0 radical (unpaired) electrons. The van der Waals surface area contributed by atoms with E-state index in [9.17, 15) is 0 Å². The molecule has 1 saturated carbocycles. The van der Waals surface area contributed by atoms with Gasteiger partial charge in [0, 0.05) is 16.8 Å². The number of hydrogen-bond donors (Lipinski definition) is 0. The number of benzene rings is 8. The van der Waals surface area contributed by atoms with Crippen molar-refractivity contribution in [3.63, 3.8) is 0 Å². The number of anilines is 2. The van der Waals surface area contributed by atoms with E-state index in [0.29, 0.717) is 0 Å². The predicted molar refractivity (Wildman–Crippen MR) is 228 cm³/mol. The van der Waals surface area contributed by atoms with E-state index in [1.54, 1.807) is 0 Å². The number of rotatable bonds is 3. The third-order valence-electron chi connectivity index (χ3n) is 13.9. The zero-order valence-corrected chi connectivity index (χ0v) is 30.2. The Morgan fingerprint density at radius 3 is 1.74 bits per heavy atom. The lowest BCUT2D eigenvalue weighted by Crippen LogP contribution is -2.54. The minimum absolute atomic E-state index is 0.0610. The summed E-state index contributed by atoms with van der Waals surface area (Å²) in [6.07, 6.45) is 5.01. The zero-order chi connectivity index (χ0) is 35.1. The van der Waals surface area contributed by atoms with Crippen molar-refractivity contribution >= 4 is 76.0 Å². The van der Waals surface area contributed by atoms with Gasteiger partial charge < -0.3 is 4.90 Å². The molecule has 2 unspecified atom stereocenters. The van der Waals surface area contributed by atoms with Gasteiger partial charge in [-0.2, -0.15) is 0 Å². The van der Waals surface area contributed by atoms with E-state index < -0.39 is 0 Å². The molecular formula is C52H39N. The molecule has 0 amide bonds. The Balaban J connectivity index is 0.968. The topological polar surface area (TPSA) is 3.24 Å². The Morgan fingerprint density at radius 2 is 1.02 bits per heavy atom. The van der Waals surface area contributed by atoms with Gasteiger partial charge in [-0.1, -0.05) is 135 Å². The third-order valence-corrected chi connectivity index (χ3v) is 13.9. The van der Waals surface area contributed by atoms with Gasteiger partial charge in [-0.05, 0) is 149 Å². The first-order chi connectivity index (χ1) is 26.0. The van der Waals surface area contributed by atoms with E-state index in [1.165, 1.54) is 130 Å². The van der Waals surface area contributed by atoms with Crippen LogP contribution in [-0.4, -0.2) is 5.54 Å². The Labute approximate surface area is 309 Å². The lowest BCUT2D eigenvalue weighted by atomic mass is 9.61. The second kappa shape index (κ2) is 10.4. The van der Waals surface area contributed by atoms with Gasteiger partial charge in [0.2, 0.25) is 0 Å². The van der Waals surface area contributed by atoms with E-state index >= 15 is 0 Å². The van der Waals surface area contributed by atoms with Crippen LogP contribution >= 0.6 is 0 Å². The van der Waals surface area contributed by atoms with Crippen LogP contribution in [0, 0.1) is 0 Å². The van der Waals surface area contributed by atoms with Gasteiger partial charge in [-0.15, -0.1) is 0 Å². The molecule has 1 heterocycles. The lowest BCUT2D eigenvalue weighted by molar-refractivity contribution is 0.195. The predicted octanol–water partition coefficient (Wildman–Crippen LogP) is 14.6. The summed E-state index contributed by atoms with van der Waals surface area (Å²) in [6.45, 7) is 5.04. The molecule has 1 aliphatic heterocycles. The summed E-state index contributed by atoms with van der Waals surface area (Å²) >= 11 is 0. The smallest absolute Gasteiger partial charge is 0.0517 e. The van der Waals surface area contributed by atoms with Crippen LogP contribution in [0.15, 0.2) is 152 Å². The van der Waals surface area contributed by atoms with E-state index in [1.807, 2.05) is 0 Å². The van der Waals surface area contributed by atoms with Crippen LogP contribution in [0.25, 0.3) is 86.9 Å². The van der Waals surface area contributed by atoms with Gasteiger partial charge in [-0.25, -0.2) is 0 Å². The van der Waals surface area contributed by atoms with E-state index in [-0.39, 0.29) is 11.0 Å². The first-order valence-corrected chi connectivity index (χ1v) is 19.4. The van der Waals surface area contributed by atoms with Crippen LogP contribution in [-0.2, 0) is 5.41 Å². The summed E-state index contributed by atoms with van der Waals surface area (Å²) in [6, 6.07) is 57.7. The molecule has 1 heteroatoms. The molecule has 1 nitrogen and oxygen atoms in total. The van der Waals surface area contributed by atoms with Crippen LogP contribution in [0.5, 0.6) is 0 Å². The summed E-state index contributed by atoms with van der Waals surface area (Å²) in [5.41, 5.74) is 9.49. The molecule has 0 bridgehead atoms. The Hall–Kier alpha value is -5.92. The van der Waals surface area contributed by atoms with Crippen LogP contribution in [0.1, 0.15) is 45.1 Å². The monoisotopic (exact) mass is 677 g/mol. The van der Waals surface area contributed by atoms with Crippen molar-refractivity contribution in [3.8, 4) is 22.3 Å². The molecule has 10 aromatic rings. The van der Waals surface area contributed by atoms with Crippen molar-refractivity contribution in [3.05, 3.63) is 157 Å². The van der Waals surface area contributed by atoms with Crippen molar-refractivity contribution in [1.29, 1.82) is 0 Å². The standard InChI is InChI=1S/C52H39N/c1-51-27-6-7-28-52(51,2)53(36-13-4-3-5-14-36)48-26-23-35(29-47(48)51)32-19-21-33(22-20-32)37-24-25-42-46-31-44-40-16-9-12-34-11-8-15-39(49(34)40)43(44)30-45(46)41-18-10-17-38(37)50(41)42/h3-5,8-26,29-31H,6-7,27-28H2,1-2H3. The first kappa shape index (κ1) is 29.6. The van der Waals surface area contributed by atoms with Crippen LogP contribution in [0.4, 0.5) is 11.4 Å². The normalized spacial score (nSPS) is 20.1. The third kappa shape index (κ3) is 3.77. The Bertz CT molecular complexity index is 3000. The molecule has 0 aromatic heterocycles. The molecule has 2 atom stereocenters. The maximum atomic E-state index is 2.66. The first-order valence-electron chi connectivity index (χ1n) is 19.4. The van der Waals surface area contributed by atoms with Crippen molar-refractivity contribution in [2.24, 2.45) is 0 Å². The number of hydrogen-bond acceptors (Lipinski definition) is 1. The summed E-state index contributed by atoms with van der Waals surface area (Å²) in [5.74, 6) is 0. The minimum Gasteiger partial charge on any atom is -0.334 e. The molecular weight excluding hydrogens is 639 g/mol. The molecule has 12 rings (SSSR count). The molecule has 10 aromatic carbocycles. The highest BCUT2D eigenvalue weighted by molar-refractivity contribution is 6.38. The Morgan fingerprint density at radius 1 is 0.434 bits per heavy atom. The highest BCUT2D eigenvalue weighted by Crippen LogP contribution is 2.61. The molecule has 53 heavy (non-hydrogen) atoms. The van der Waals surface area contributed by atoms with Crippen LogP contribution < -0.4 is 4.90 Å². The highest BCUT2D eigenvalue weighted by Gasteiger charge is 2.57. The van der Waals surface area contributed by atoms with Crippen LogP contribution in [0.2, 0.25) is 0 Å². The highest BCUT2D eigenvalue weighted by atomic mass is 15.3. The van der Waals surface area contributed by atoms with Crippen LogP contribution in [0.3, 0.4) is 0 Å². The van der Waals surface area contributed by atoms with E-state index in [0.717, 1.165) is 0 Å². The average molecular weight is 678 g/mol. The van der Waals surface area contributed by atoms with Crippen molar-refractivity contribution in [1.82, 2.24) is 0 Å². The van der Waals surface area contributed by atoms with Gasteiger partial charge in [0.1, 0.15) is 0 Å². The Kier molecular flexibility index (Phi) is 5.79. The minimum atomic E-state index is 0.0610. The molecule has 252 valence electrons. The number of fused-ring (bicyclic) bond motifs is 9. The fraction of sp³-hybridized carbons (Fsp3) is 0.154.